The van der Waals surface area contributed by atoms with E-state index in [1.807, 2.05) is 25.3 Å². The van der Waals surface area contributed by atoms with Crippen LogP contribution >= 0.6 is 11.8 Å². The molecule has 0 heterocycles. The number of hydrogen-bond acceptors (Lipinski definition) is 3. The first-order valence-corrected chi connectivity index (χ1v) is 7.06. The second kappa shape index (κ2) is 7.80. The molecule has 0 atom stereocenters. The summed E-state index contributed by atoms with van der Waals surface area (Å²) in [5.74, 6) is 6.29. The zero-order valence-electron chi connectivity index (χ0n) is 10.6. The third kappa shape index (κ3) is 4.44. The maximum atomic E-state index is 11.8. The molecule has 3 nitrogen and oxygen atoms in total. The normalized spacial score (nSPS) is 9.50. The summed E-state index contributed by atoms with van der Waals surface area (Å²) in [5, 5.41) is 11.5. The molecule has 0 aliphatic rings. The zero-order chi connectivity index (χ0) is 13.4. The standard InChI is InChI=1S/C14H17NO2S/c1-11-10-13(14(17)15-7-9-18-2)6-5-12(11)4-3-8-16/h5-6,10,16H,7-9H2,1-2H3,(H,15,17). The highest BCUT2D eigenvalue weighted by atomic mass is 32.2. The SMILES string of the molecule is CSCCNC(=O)c1ccc(C#CCO)c(C)c1. The van der Waals surface area contributed by atoms with Gasteiger partial charge in [-0.15, -0.1) is 0 Å². The Hall–Kier alpha value is -1.44. The third-order valence-corrected chi connectivity index (χ3v) is 2.99. The fourth-order valence-corrected chi connectivity index (χ4v) is 1.75. The summed E-state index contributed by atoms with van der Waals surface area (Å²) in [6.45, 7) is 2.42. The van der Waals surface area contributed by atoms with Gasteiger partial charge < -0.3 is 10.4 Å². The molecule has 0 radical (unpaired) electrons. The quantitative estimate of drug-likeness (QED) is 0.638. The monoisotopic (exact) mass is 263 g/mol. The van der Waals surface area contributed by atoms with Crippen LogP contribution in [0.25, 0.3) is 0 Å². The lowest BCUT2D eigenvalue weighted by Crippen LogP contribution is -2.25. The molecule has 0 aromatic heterocycles. The average Bonchev–Trinajstić information content (AvgIpc) is 2.37. The van der Waals surface area contributed by atoms with Gasteiger partial charge in [-0.2, -0.15) is 11.8 Å². The van der Waals surface area contributed by atoms with E-state index in [2.05, 4.69) is 17.2 Å². The second-order valence-electron chi connectivity index (χ2n) is 3.74. The summed E-state index contributed by atoms with van der Waals surface area (Å²) in [5.41, 5.74) is 2.42. The van der Waals surface area contributed by atoms with E-state index in [0.717, 1.165) is 16.9 Å². The van der Waals surface area contributed by atoms with Crippen LogP contribution in [0.3, 0.4) is 0 Å². The van der Waals surface area contributed by atoms with Crippen molar-refractivity contribution < 1.29 is 9.90 Å². The van der Waals surface area contributed by atoms with Crippen LogP contribution in [0.1, 0.15) is 21.5 Å². The Morgan fingerprint density at radius 1 is 1.50 bits per heavy atom. The Morgan fingerprint density at radius 3 is 2.89 bits per heavy atom. The molecule has 0 unspecified atom stereocenters. The zero-order valence-corrected chi connectivity index (χ0v) is 11.4. The van der Waals surface area contributed by atoms with Gasteiger partial charge in [0.1, 0.15) is 6.61 Å². The van der Waals surface area contributed by atoms with Gasteiger partial charge in [0.15, 0.2) is 0 Å². The molecule has 0 spiro atoms. The predicted molar refractivity (Wildman–Crippen MR) is 75.9 cm³/mol. The summed E-state index contributed by atoms with van der Waals surface area (Å²) < 4.78 is 0. The summed E-state index contributed by atoms with van der Waals surface area (Å²) in [6.07, 6.45) is 2.00. The van der Waals surface area contributed by atoms with Gasteiger partial charge in [0, 0.05) is 23.4 Å². The van der Waals surface area contributed by atoms with Crippen LogP contribution < -0.4 is 5.32 Å². The summed E-state index contributed by atoms with van der Waals surface area (Å²) in [4.78, 5) is 11.8. The molecule has 0 saturated carbocycles. The lowest BCUT2D eigenvalue weighted by Gasteiger charge is -2.06. The van der Waals surface area contributed by atoms with Crippen molar-refractivity contribution in [1.82, 2.24) is 5.32 Å². The van der Waals surface area contributed by atoms with E-state index in [0.29, 0.717) is 12.1 Å². The second-order valence-corrected chi connectivity index (χ2v) is 4.72. The first-order valence-electron chi connectivity index (χ1n) is 5.66. The van der Waals surface area contributed by atoms with Gasteiger partial charge >= 0.3 is 0 Å². The number of amides is 1. The maximum Gasteiger partial charge on any atom is 0.251 e. The highest BCUT2D eigenvalue weighted by Gasteiger charge is 2.06. The van der Waals surface area contributed by atoms with E-state index in [-0.39, 0.29) is 12.5 Å². The Kier molecular flexibility index (Phi) is 6.34. The first-order chi connectivity index (χ1) is 8.69. The molecule has 0 bridgehead atoms. The number of benzene rings is 1. The summed E-state index contributed by atoms with van der Waals surface area (Å²) in [6, 6.07) is 5.38. The molecule has 4 heteroatoms. The average molecular weight is 263 g/mol. The van der Waals surface area contributed by atoms with Crippen molar-refractivity contribution in [2.45, 2.75) is 6.92 Å². The smallest absolute Gasteiger partial charge is 0.251 e. The summed E-state index contributed by atoms with van der Waals surface area (Å²) >= 11 is 1.70. The van der Waals surface area contributed by atoms with Gasteiger partial charge in [0.2, 0.25) is 0 Å². The van der Waals surface area contributed by atoms with Gasteiger partial charge in [0.05, 0.1) is 0 Å². The van der Waals surface area contributed by atoms with Crippen LogP contribution in [-0.4, -0.2) is 36.2 Å². The number of hydrogen-bond donors (Lipinski definition) is 2. The molecule has 1 aromatic rings. The van der Waals surface area contributed by atoms with Crippen LogP contribution in [0, 0.1) is 18.8 Å². The van der Waals surface area contributed by atoms with Crippen LogP contribution in [-0.2, 0) is 0 Å². The van der Waals surface area contributed by atoms with Gasteiger partial charge in [-0.1, -0.05) is 11.8 Å². The third-order valence-electron chi connectivity index (χ3n) is 2.38. The minimum absolute atomic E-state index is 0.0613. The molecule has 96 valence electrons. The Bertz CT molecular complexity index is 474. The molecule has 1 rings (SSSR count). The molecule has 0 aliphatic heterocycles. The number of thioether (sulfide) groups is 1. The predicted octanol–water partition coefficient (Wildman–Crippen LogP) is 1.43. The van der Waals surface area contributed by atoms with E-state index < -0.39 is 0 Å². The maximum absolute atomic E-state index is 11.8. The fraction of sp³-hybridized carbons (Fsp3) is 0.357. The molecule has 0 aliphatic carbocycles. The van der Waals surface area contributed by atoms with E-state index in [4.69, 9.17) is 5.11 Å². The number of carbonyl (C=O) groups excluding carboxylic acids is 1. The van der Waals surface area contributed by atoms with Gasteiger partial charge in [-0.05, 0) is 36.9 Å². The lowest BCUT2D eigenvalue weighted by molar-refractivity contribution is 0.0956. The number of aliphatic hydroxyl groups excluding tert-OH is 1. The van der Waals surface area contributed by atoms with Crippen LogP contribution in [0.2, 0.25) is 0 Å². The summed E-state index contributed by atoms with van der Waals surface area (Å²) in [7, 11) is 0. The van der Waals surface area contributed by atoms with Crippen LogP contribution in [0.15, 0.2) is 18.2 Å². The van der Waals surface area contributed by atoms with Crippen molar-refractivity contribution >= 4 is 17.7 Å². The lowest BCUT2D eigenvalue weighted by atomic mass is 10.0. The molecule has 0 saturated heterocycles. The van der Waals surface area contributed by atoms with Crippen LogP contribution in [0.5, 0.6) is 0 Å². The van der Waals surface area contributed by atoms with Gasteiger partial charge in [-0.25, -0.2) is 0 Å². The Morgan fingerprint density at radius 2 is 2.28 bits per heavy atom. The van der Waals surface area contributed by atoms with E-state index >= 15 is 0 Å². The van der Waals surface area contributed by atoms with Crippen molar-refractivity contribution in [2.24, 2.45) is 0 Å². The Balaban J connectivity index is 2.74. The highest BCUT2D eigenvalue weighted by molar-refractivity contribution is 7.98. The topological polar surface area (TPSA) is 49.3 Å². The number of nitrogens with one attached hydrogen (secondary N) is 1. The van der Waals surface area contributed by atoms with Crippen molar-refractivity contribution in [3.05, 3.63) is 34.9 Å². The van der Waals surface area contributed by atoms with E-state index in [9.17, 15) is 4.79 Å². The minimum Gasteiger partial charge on any atom is -0.384 e. The van der Waals surface area contributed by atoms with Crippen molar-refractivity contribution in [1.29, 1.82) is 0 Å². The number of carbonyl (C=O) groups is 1. The minimum atomic E-state index is -0.156. The molecule has 1 aromatic carbocycles. The Labute approximate surface area is 112 Å². The molecule has 1 amide bonds. The van der Waals surface area contributed by atoms with Gasteiger partial charge in [0.25, 0.3) is 5.91 Å². The van der Waals surface area contributed by atoms with Crippen molar-refractivity contribution in [3.8, 4) is 11.8 Å². The van der Waals surface area contributed by atoms with Crippen molar-refractivity contribution in [3.63, 3.8) is 0 Å². The molecule has 18 heavy (non-hydrogen) atoms. The highest BCUT2D eigenvalue weighted by Crippen LogP contribution is 2.10. The number of aliphatic hydroxyl groups is 1. The number of aryl methyl sites for hydroxylation is 1. The molecule has 2 N–H and O–H groups in total. The molecule has 0 fully saturated rings. The largest absolute Gasteiger partial charge is 0.384 e. The van der Waals surface area contributed by atoms with E-state index in [1.165, 1.54) is 0 Å². The molecular formula is C14H17NO2S. The van der Waals surface area contributed by atoms with Crippen molar-refractivity contribution in [2.75, 3.05) is 25.2 Å². The van der Waals surface area contributed by atoms with Gasteiger partial charge in [-0.3, -0.25) is 4.79 Å². The molecular weight excluding hydrogens is 246 g/mol. The van der Waals surface area contributed by atoms with Crippen LogP contribution in [0.4, 0.5) is 0 Å². The van der Waals surface area contributed by atoms with E-state index in [1.54, 1.807) is 17.8 Å². The fourth-order valence-electron chi connectivity index (χ4n) is 1.45. The number of rotatable bonds is 4. The first kappa shape index (κ1) is 14.6.